The van der Waals surface area contributed by atoms with Crippen LogP contribution in [0.3, 0.4) is 0 Å². The van der Waals surface area contributed by atoms with Gasteiger partial charge in [-0.2, -0.15) is 9.97 Å². The third kappa shape index (κ3) is 4.63. The number of fused-ring (bicyclic) bond motifs is 17. The van der Waals surface area contributed by atoms with Crippen LogP contribution in [0.25, 0.3) is 106 Å². The third-order valence-corrected chi connectivity index (χ3v) is 13.5. The van der Waals surface area contributed by atoms with Crippen molar-refractivity contribution < 1.29 is 4.42 Å². The van der Waals surface area contributed by atoms with Crippen LogP contribution in [0.4, 0.5) is 0 Å². The second kappa shape index (κ2) is 12.8. The average Bonchev–Trinajstić information content (AvgIpc) is 4.08. The second-order valence-corrected chi connectivity index (χ2v) is 16.6. The van der Waals surface area contributed by atoms with E-state index in [0.717, 1.165) is 60.6 Å². The fourth-order valence-electron chi connectivity index (χ4n) is 11.0. The molecule has 0 amide bonds. The van der Waals surface area contributed by atoms with Gasteiger partial charge in [-0.25, -0.2) is 4.98 Å². The Labute approximate surface area is 362 Å². The number of hydrogen-bond acceptors (Lipinski definition) is 4. The number of hydrogen-bond donors (Lipinski definition) is 0. The van der Waals surface area contributed by atoms with E-state index >= 15 is 0 Å². The van der Waals surface area contributed by atoms with Crippen molar-refractivity contribution in [2.24, 2.45) is 0 Å². The van der Waals surface area contributed by atoms with Gasteiger partial charge in [0.2, 0.25) is 5.95 Å². The summed E-state index contributed by atoms with van der Waals surface area (Å²) in [5.41, 5.74) is 17.7. The largest absolute Gasteiger partial charge is 0.456 e. The van der Waals surface area contributed by atoms with Crippen molar-refractivity contribution in [3.8, 4) is 62.1 Å². The molecule has 2 aliphatic carbocycles. The number of para-hydroxylation sites is 1. The fourth-order valence-corrected chi connectivity index (χ4v) is 11.0. The molecule has 63 heavy (non-hydrogen) atoms. The Morgan fingerprint density at radius 1 is 0.365 bits per heavy atom. The monoisotopic (exact) mass is 802 g/mol. The predicted octanol–water partition coefficient (Wildman–Crippen LogP) is 14.2. The molecule has 3 aromatic heterocycles. The van der Waals surface area contributed by atoms with Gasteiger partial charge >= 0.3 is 0 Å². The van der Waals surface area contributed by atoms with Crippen LogP contribution in [0.5, 0.6) is 0 Å². The van der Waals surface area contributed by atoms with E-state index in [0.29, 0.717) is 17.6 Å². The van der Waals surface area contributed by atoms with Gasteiger partial charge in [0.05, 0.1) is 16.4 Å². The zero-order chi connectivity index (χ0) is 41.2. The number of rotatable bonds is 4. The lowest BCUT2D eigenvalue weighted by Crippen LogP contribution is -2.25. The van der Waals surface area contributed by atoms with Crippen molar-refractivity contribution in [1.82, 2.24) is 19.5 Å². The summed E-state index contributed by atoms with van der Waals surface area (Å²) in [7, 11) is 0. The highest BCUT2D eigenvalue weighted by molar-refractivity contribution is 6.19. The van der Waals surface area contributed by atoms with Crippen molar-refractivity contribution >= 4 is 43.7 Å². The quantitative estimate of drug-likeness (QED) is 0.178. The van der Waals surface area contributed by atoms with E-state index in [2.05, 4.69) is 180 Å². The van der Waals surface area contributed by atoms with Gasteiger partial charge < -0.3 is 4.42 Å². The summed E-state index contributed by atoms with van der Waals surface area (Å²) in [6.45, 7) is 0. The molecule has 0 fully saturated rings. The molecule has 14 rings (SSSR count). The number of benzene rings is 9. The Balaban J connectivity index is 1.02. The molecule has 0 unspecified atom stereocenters. The summed E-state index contributed by atoms with van der Waals surface area (Å²) < 4.78 is 8.82. The molecule has 9 aromatic carbocycles. The average molecular weight is 803 g/mol. The normalized spacial score (nSPS) is 13.2. The van der Waals surface area contributed by atoms with Crippen molar-refractivity contribution in [3.63, 3.8) is 0 Å². The van der Waals surface area contributed by atoms with Crippen LogP contribution in [-0.2, 0) is 5.41 Å². The predicted molar refractivity (Wildman–Crippen MR) is 254 cm³/mol. The van der Waals surface area contributed by atoms with Crippen LogP contribution >= 0.6 is 0 Å². The standard InChI is InChI=1S/C58H34N4O/c1-3-16-35(17-4-1)38-24-15-29-50-52(38)43-31-30-37(34-51(43)63-50)56-59-55(36-18-5-2-6-19-36)60-57(61-56)62-48-28-14-10-23-42(48)54-49(62)33-32-47-53(54)41-22-9-13-27-46(41)58(47)44-25-11-7-20-39(44)40-21-8-12-26-45(40)58/h1-34H. The first-order chi connectivity index (χ1) is 31.3. The minimum Gasteiger partial charge on any atom is -0.456 e. The summed E-state index contributed by atoms with van der Waals surface area (Å²) >= 11 is 0. The van der Waals surface area contributed by atoms with E-state index in [4.69, 9.17) is 19.4 Å². The molecule has 2 aliphatic rings. The van der Waals surface area contributed by atoms with E-state index in [1.54, 1.807) is 0 Å². The molecule has 0 bridgehead atoms. The molecule has 0 radical (unpaired) electrons. The molecular formula is C58H34N4O. The van der Waals surface area contributed by atoms with E-state index in [1.165, 1.54) is 49.9 Å². The highest BCUT2D eigenvalue weighted by Crippen LogP contribution is 2.64. The van der Waals surface area contributed by atoms with Gasteiger partial charge in [0.25, 0.3) is 0 Å². The third-order valence-electron chi connectivity index (χ3n) is 13.5. The highest BCUT2D eigenvalue weighted by Gasteiger charge is 2.52. The minimum atomic E-state index is -0.450. The van der Waals surface area contributed by atoms with Gasteiger partial charge in [-0.3, -0.25) is 4.57 Å². The molecule has 12 aromatic rings. The van der Waals surface area contributed by atoms with Crippen LogP contribution in [0.1, 0.15) is 22.3 Å². The second-order valence-electron chi connectivity index (χ2n) is 16.6. The van der Waals surface area contributed by atoms with E-state index < -0.39 is 5.41 Å². The molecular weight excluding hydrogens is 769 g/mol. The van der Waals surface area contributed by atoms with Crippen LogP contribution in [0.2, 0.25) is 0 Å². The van der Waals surface area contributed by atoms with Crippen LogP contribution in [0.15, 0.2) is 211 Å². The van der Waals surface area contributed by atoms with Crippen molar-refractivity contribution in [2.45, 2.75) is 5.41 Å². The summed E-state index contributed by atoms with van der Waals surface area (Å²) in [6.07, 6.45) is 0. The Kier molecular flexibility index (Phi) is 6.97. The SMILES string of the molecule is c1ccc(-c2nc(-c3ccc4c(c3)oc3cccc(-c5ccccc5)c34)nc(-n3c4ccccc4c4c5c(ccc43)C3(c4ccccc4-c4ccccc43)c3ccccc3-5)n2)cc1. The van der Waals surface area contributed by atoms with Crippen molar-refractivity contribution in [2.75, 3.05) is 0 Å². The summed E-state index contributed by atoms with van der Waals surface area (Å²) in [4.78, 5) is 15.8. The van der Waals surface area contributed by atoms with Gasteiger partial charge in [-0.05, 0) is 86.0 Å². The maximum absolute atomic E-state index is 6.59. The van der Waals surface area contributed by atoms with E-state index in [9.17, 15) is 0 Å². The fraction of sp³-hybridized carbons (Fsp3) is 0.0172. The number of nitrogens with zero attached hydrogens (tertiary/aromatic N) is 4. The lowest BCUT2D eigenvalue weighted by Gasteiger charge is -2.30. The van der Waals surface area contributed by atoms with Crippen molar-refractivity contribution in [3.05, 3.63) is 229 Å². The van der Waals surface area contributed by atoms with Gasteiger partial charge in [-0.15, -0.1) is 0 Å². The first kappa shape index (κ1) is 34.3. The molecule has 0 aliphatic heterocycles. The van der Waals surface area contributed by atoms with Gasteiger partial charge in [0.15, 0.2) is 11.6 Å². The van der Waals surface area contributed by atoms with Crippen LogP contribution in [-0.4, -0.2) is 19.5 Å². The maximum atomic E-state index is 6.59. The topological polar surface area (TPSA) is 56.7 Å². The van der Waals surface area contributed by atoms with Crippen LogP contribution < -0.4 is 0 Å². The van der Waals surface area contributed by atoms with E-state index in [1.807, 2.05) is 30.3 Å². The highest BCUT2D eigenvalue weighted by atomic mass is 16.3. The Hall–Kier alpha value is -8.41. The van der Waals surface area contributed by atoms with Gasteiger partial charge in [0.1, 0.15) is 11.2 Å². The first-order valence-corrected chi connectivity index (χ1v) is 21.4. The molecule has 292 valence electrons. The maximum Gasteiger partial charge on any atom is 0.238 e. The number of aromatic nitrogens is 4. The summed E-state index contributed by atoms with van der Waals surface area (Å²) in [5.74, 6) is 1.72. The van der Waals surface area contributed by atoms with Crippen molar-refractivity contribution in [1.29, 1.82) is 0 Å². The zero-order valence-corrected chi connectivity index (χ0v) is 33.8. The lowest BCUT2D eigenvalue weighted by molar-refractivity contribution is 0.669. The molecule has 0 saturated heterocycles. The molecule has 0 N–H and O–H groups in total. The van der Waals surface area contributed by atoms with Gasteiger partial charge in [-0.1, -0.05) is 176 Å². The summed E-state index contributed by atoms with van der Waals surface area (Å²) in [5, 5.41) is 4.48. The smallest absolute Gasteiger partial charge is 0.238 e. The Bertz CT molecular complexity index is 3820. The minimum absolute atomic E-state index is 0.450. The molecule has 0 atom stereocenters. The molecule has 1 spiro atoms. The van der Waals surface area contributed by atoms with E-state index in [-0.39, 0.29) is 0 Å². The lowest BCUT2D eigenvalue weighted by atomic mass is 9.70. The van der Waals surface area contributed by atoms with Gasteiger partial charge in [0, 0.05) is 32.7 Å². The molecule has 5 nitrogen and oxygen atoms in total. The molecule has 0 saturated carbocycles. The zero-order valence-electron chi connectivity index (χ0n) is 33.8. The molecule has 3 heterocycles. The van der Waals surface area contributed by atoms with Crippen LogP contribution in [0, 0.1) is 0 Å². The first-order valence-electron chi connectivity index (χ1n) is 21.4. The molecule has 5 heteroatoms. The summed E-state index contributed by atoms with van der Waals surface area (Å²) in [6, 6.07) is 73.6. The Morgan fingerprint density at radius 2 is 0.968 bits per heavy atom. The number of furan rings is 1. The Morgan fingerprint density at radius 3 is 1.71 bits per heavy atom.